The molecule has 0 N–H and O–H groups in total. The number of hydrogen-bond acceptors (Lipinski definition) is 1. The van der Waals surface area contributed by atoms with Crippen LogP contribution in [0.5, 0.6) is 0 Å². The van der Waals surface area contributed by atoms with E-state index in [0.717, 1.165) is 17.8 Å². The van der Waals surface area contributed by atoms with Crippen molar-refractivity contribution in [2.45, 2.75) is 57.9 Å². The summed E-state index contributed by atoms with van der Waals surface area (Å²) in [5.41, 5.74) is 1.51. The number of nitrogens with zero attached hydrogens (tertiary/aromatic N) is 2. The van der Waals surface area contributed by atoms with E-state index in [1.54, 1.807) is 0 Å². The fraction of sp³-hybridized carbons (Fsp3) is 0.786. The zero-order chi connectivity index (χ0) is 11.1. The standard InChI is InChI=1S/C14H22N2/c1-10-4-3-5-13(11(10)2)16-9-15-8-14(16)12-6-7-12/h8-13H,3-7H2,1-2H3. The highest BCUT2D eigenvalue weighted by molar-refractivity contribution is 5.14. The molecule has 88 valence electrons. The Kier molecular flexibility index (Phi) is 2.53. The van der Waals surface area contributed by atoms with Crippen molar-refractivity contribution in [1.29, 1.82) is 0 Å². The topological polar surface area (TPSA) is 17.8 Å². The van der Waals surface area contributed by atoms with Crippen molar-refractivity contribution in [2.75, 3.05) is 0 Å². The van der Waals surface area contributed by atoms with Crippen molar-refractivity contribution < 1.29 is 0 Å². The molecule has 2 heteroatoms. The molecule has 0 saturated heterocycles. The van der Waals surface area contributed by atoms with Crippen LogP contribution in [-0.4, -0.2) is 9.55 Å². The molecule has 0 aromatic carbocycles. The number of rotatable bonds is 2. The van der Waals surface area contributed by atoms with Crippen molar-refractivity contribution in [2.24, 2.45) is 11.8 Å². The summed E-state index contributed by atoms with van der Waals surface area (Å²) >= 11 is 0. The largest absolute Gasteiger partial charge is 0.331 e. The molecule has 1 heterocycles. The Morgan fingerprint density at radius 1 is 1.19 bits per heavy atom. The molecule has 0 amide bonds. The molecule has 1 aromatic rings. The van der Waals surface area contributed by atoms with E-state index in [9.17, 15) is 0 Å². The van der Waals surface area contributed by atoms with Gasteiger partial charge >= 0.3 is 0 Å². The lowest BCUT2D eigenvalue weighted by Gasteiger charge is -2.35. The Labute approximate surface area is 98.1 Å². The fourth-order valence-corrected chi connectivity index (χ4v) is 3.23. The predicted molar refractivity (Wildman–Crippen MR) is 65.4 cm³/mol. The smallest absolute Gasteiger partial charge is 0.0950 e. The summed E-state index contributed by atoms with van der Waals surface area (Å²) in [6, 6.07) is 0.710. The van der Waals surface area contributed by atoms with Gasteiger partial charge < -0.3 is 4.57 Å². The SMILES string of the molecule is CC1CCCC(n2cncc2C2CC2)C1C. The van der Waals surface area contributed by atoms with Crippen LogP contribution in [0.2, 0.25) is 0 Å². The normalized spacial score (nSPS) is 35.2. The zero-order valence-electron chi connectivity index (χ0n) is 10.4. The monoisotopic (exact) mass is 218 g/mol. The molecular formula is C14H22N2. The van der Waals surface area contributed by atoms with Crippen LogP contribution in [0, 0.1) is 11.8 Å². The Morgan fingerprint density at radius 2 is 2.00 bits per heavy atom. The highest BCUT2D eigenvalue weighted by Crippen LogP contribution is 2.44. The van der Waals surface area contributed by atoms with Crippen molar-refractivity contribution >= 4 is 0 Å². The maximum Gasteiger partial charge on any atom is 0.0950 e. The van der Waals surface area contributed by atoms with Crippen molar-refractivity contribution in [3.05, 3.63) is 18.2 Å². The third-order valence-corrected chi connectivity index (χ3v) is 4.71. The van der Waals surface area contributed by atoms with Gasteiger partial charge in [0, 0.05) is 23.9 Å². The summed E-state index contributed by atoms with van der Waals surface area (Å²) in [4.78, 5) is 4.38. The first-order valence-electron chi connectivity index (χ1n) is 6.79. The lowest BCUT2D eigenvalue weighted by molar-refractivity contribution is 0.183. The molecule has 2 nitrogen and oxygen atoms in total. The van der Waals surface area contributed by atoms with E-state index in [0.29, 0.717) is 6.04 Å². The first kappa shape index (κ1) is 10.4. The molecule has 0 spiro atoms. The van der Waals surface area contributed by atoms with Crippen LogP contribution in [0.3, 0.4) is 0 Å². The van der Waals surface area contributed by atoms with Crippen LogP contribution < -0.4 is 0 Å². The average Bonchev–Trinajstić information content (AvgIpc) is 3.01. The average molecular weight is 218 g/mol. The lowest BCUT2D eigenvalue weighted by Crippen LogP contribution is -2.27. The van der Waals surface area contributed by atoms with E-state index in [2.05, 4.69) is 35.9 Å². The first-order valence-corrected chi connectivity index (χ1v) is 6.79. The quantitative estimate of drug-likeness (QED) is 0.739. The van der Waals surface area contributed by atoms with Crippen LogP contribution in [-0.2, 0) is 0 Å². The summed E-state index contributed by atoms with van der Waals surface area (Å²) in [6.07, 6.45) is 11.1. The maximum absolute atomic E-state index is 4.38. The highest BCUT2D eigenvalue weighted by atomic mass is 15.1. The Bertz CT molecular complexity index is 365. The summed E-state index contributed by atoms with van der Waals surface area (Å²) in [6.45, 7) is 4.83. The molecular weight excluding hydrogens is 196 g/mol. The minimum absolute atomic E-state index is 0.710. The number of imidazole rings is 1. The van der Waals surface area contributed by atoms with E-state index < -0.39 is 0 Å². The molecule has 2 fully saturated rings. The Balaban J connectivity index is 1.86. The molecule has 1 aromatic heterocycles. The van der Waals surface area contributed by atoms with Gasteiger partial charge in [0.15, 0.2) is 0 Å². The summed E-state index contributed by atoms with van der Waals surface area (Å²) in [7, 11) is 0. The maximum atomic E-state index is 4.38. The van der Waals surface area contributed by atoms with Crippen molar-refractivity contribution in [3.8, 4) is 0 Å². The van der Waals surface area contributed by atoms with Gasteiger partial charge in [0.05, 0.1) is 6.33 Å². The van der Waals surface area contributed by atoms with E-state index >= 15 is 0 Å². The molecule has 0 aliphatic heterocycles. The third kappa shape index (κ3) is 1.68. The molecule has 0 bridgehead atoms. The molecule has 16 heavy (non-hydrogen) atoms. The number of aromatic nitrogens is 2. The molecule has 2 aliphatic rings. The minimum atomic E-state index is 0.710. The van der Waals surface area contributed by atoms with Crippen LogP contribution in [0.4, 0.5) is 0 Å². The van der Waals surface area contributed by atoms with Crippen molar-refractivity contribution in [3.63, 3.8) is 0 Å². The van der Waals surface area contributed by atoms with Gasteiger partial charge in [0.2, 0.25) is 0 Å². The predicted octanol–water partition coefficient (Wildman–Crippen LogP) is 3.76. The Hall–Kier alpha value is -0.790. The second-order valence-electron chi connectivity index (χ2n) is 5.83. The van der Waals surface area contributed by atoms with Crippen molar-refractivity contribution in [1.82, 2.24) is 9.55 Å². The van der Waals surface area contributed by atoms with E-state index in [1.807, 2.05) is 0 Å². The summed E-state index contributed by atoms with van der Waals surface area (Å²) in [5.74, 6) is 2.50. The van der Waals surface area contributed by atoms with Gasteiger partial charge in [-0.25, -0.2) is 4.98 Å². The second kappa shape index (κ2) is 3.90. The molecule has 3 unspecified atom stereocenters. The summed E-state index contributed by atoms with van der Waals surface area (Å²) < 4.78 is 2.50. The molecule has 2 aliphatic carbocycles. The minimum Gasteiger partial charge on any atom is -0.331 e. The van der Waals surface area contributed by atoms with Gasteiger partial charge in [-0.2, -0.15) is 0 Å². The number of hydrogen-bond donors (Lipinski definition) is 0. The molecule has 2 saturated carbocycles. The van der Waals surface area contributed by atoms with E-state index in [-0.39, 0.29) is 0 Å². The first-order chi connectivity index (χ1) is 7.77. The van der Waals surface area contributed by atoms with Crippen LogP contribution in [0.25, 0.3) is 0 Å². The third-order valence-electron chi connectivity index (χ3n) is 4.71. The van der Waals surface area contributed by atoms with Crippen LogP contribution in [0.1, 0.15) is 63.6 Å². The lowest BCUT2D eigenvalue weighted by atomic mass is 9.78. The summed E-state index contributed by atoms with van der Waals surface area (Å²) in [5, 5.41) is 0. The fourth-order valence-electron chi connectivity index (χ4n) is 3.23. The highest BCUT2D eigenvalue weighted by Gasteiger charge is 2.33. The van der Waals surface area contributed by atoms with Gasteiger partial charge in [-0.15, -0.1) is 0 Å². The molecule has 0 radical (unpaired) electrons. The van der Waals surface area contributed by atoms with Gasteiger partial charge in [-0.05, 0) is 31.1 Å². The van der Waals surface area contributed by atoms with Gasteiger partial charge in [-0.3, -0.25) is 0 Å². The molecule has 3 rings (SSSR count). The van der Waals surface area contributed by atoms with Gasteiger partial charge in [0.1, 0.15) is 0 Å². The molecule has 3 atom stereocenters. The zero-order valence-corrected chi connectivity index (χ0v) is 10.4. The van der Waals surface area contributed by atoms with E-state index in [1.165, 1.54) is 37.8 Å². The van der Waals surface area contributed by atoms with Crippen LogP contribution >= 0.6 is 0 Å². The Morgan fingerprint density at radius 3 is 2.75 bits per heavy atom. The van der Waals surface area contributed by atoms with Crippen LogP contribution in [0.15, 0.2) is 12.5 Å². The van der Waals surface area contributed by atoms with Gasteiger partial charge in [0.25, 0.3) is 0 Å². The second-order valence-corrected chi connectivity index (χ2v) is 5.83. The van der Waals surface area contributed by atoms with Gasteiger partial charge in [-0.1, -0.05) is 26.7 Å². The van der Waals surface area contributed by atoms with E-state index in [4.69, 9.17) is 0 Å².